The molecule has 2 fully saturated rings. The number of carbonyl (C=O) groups is 3. The first-order valence-corrected chi connectivity index (χ1v) is 6.66. The van der Waals surface area contributed by atoms with Crippen LogP contribution in [-0.2, 0) is 9.59 Å². The van der Waals surface area contributed by atoms with Crippen molar-refractivity contribution in [2.24, 2.45) is 11.8 Å². The maximum absolute atomic E-state index is 11.9. The van der Waals surface area contributed by atoms with Crippen LogP contribution in [0.5, 0.6) is 0 Å². The van der Waals surface area contributed by atoms with E-state index in [2.05, 4.69) is 19.2 Å². The van der Waals surface area contributed by atoms with E-state index in [1.54, 1.807) is 0 Å². The smallest absolute Gasteiger partial charge is 0.277 e. The third-order valence-electron chi connectivity index (χ3n) is 4.02. The summed E-state index contributed by atoms with van der Waals surface area (Å²) in [7, 11) is 0. The van der Waals surface area contributed by atoms with E-state index in [9.17, 15) is 14.4 Å². The third-order valence-corrected chi connectivity index (χ3v) is 4.02. The van der Waals surface area contributed by atoms with Gasteiger partial charge in [0.25, 0.3) is 0 Å². The van der Waals surface area contributed by atoms with Crippen LogP contribution in [0.15, 0.2) is 0 Å². The number of barbiturate groups is 1. The maximum atomic E-state index is 11.9. The maximum Gasteiger partial charge on any atom is 0.331 e. The Kier molecular flexibility index (Phi) is 3.68. The van der Waals surface area contributed by atoms with Crippen LogP contribution in [0.1, 0.15) is 46.0 Å². The number of hydrogen-bond donors (Lipinski definition) is 1. The molecule has 0 aromatic heterocycles. The summed E-state index contributed by atoms with van der Waals surface area (Å²) in [6, 6.07) is -0.576. The Bertz CT molecular complexity index is 358. The van der Waals surface area contributed by atoms with E-state index in [-0.39, 0.29) is 18.4 Å². The van der Waals surface area contributed by atoms with Crippen molar-refractivity contribution in [3.05, 3.63) is 0 Å². The van der Waals surface area contributed by atoms with Crippen LogP contribution >= 0.6 is 0 Å². The molecule has 1 saturated carbocycles. The number of carbonyl (C=O) groups excluding carboxylic acids is 3. The average molecular weight is 252 g/mol. The van der Waals surface area contributed by atoms with Crippen molar-refractivity contribution in [1.29, 1.82) is 0 Å². The Morgan fingerprint density at radius 2 is 1.83 bits per heavy atom. The molecule has 2 unspecified atom stereocenters. The van der Waals surface area contributed by atoms with E-state index >= 15 is 0 Å². The van der Waals surface area contributed by atoms with Crippen molar-refractivity contribution in [2.45, 2.75) is 52.0 Å². The first-order chi connectivity index (χ1) is 8.50. The highest BCUT2D eigenvalue weighted by Gasteiger charge is 2.41. The van der Waals surface area contributed by atoms with E-state index in [1.807, 2.05) is 0 Å². The van der Waals surface area contributed by atoms with Crippen molar-refractivity contribution in [2.75, 3.05) is 0 Å². The molecule has 0 aromatic rings. The van der Waals surface area contributed by atoms with E-state index in [0.717, 1.165) is 25.7 Å². The minimum absolute atomic E-state index is 0.0423. The quantitative estimate of drug-likeness (QED) is 0.760. The van der Waals surface area contributed by atoms with Gasteiger partial charge in [-0.15, -0.1) is 0 Å². The molecule has 2 rings (SSSR count). The van der Waals surface area contributed by atoms with E-state index in [1.165, 1.54) is 4.90 Å². The van der Waals surface area contributed by atoms with Gasteiger partial charge in [0.05, 0.1) is 0 Å². The second-order valence-corrected chi connectivity index (χ2v) is 5.55. The average Bonchev–Trinajstić information content (AvgIpc) is 2.28. The highest BCUT2D eigenvalue weighted by atomic mass is 16.2. The number of nitrogens with zero attached hydrogens (tertiary/aromatic N) is 1. The van der Waals surface area contributed by atoms with Gasteiger partial charge >= 0.3 is 6.03 Å². The van der Waals surface area contributed by atoms with Gasteiger partial charge in [0.1, 0.15) is 6.42 Å². The van der Waals surface area contributed by atoms with Crippen LogP contribution in [0.2, 0.25) is 0 Å². The highest BCUT2D eigenvalue weighted by molar-refractivity contribution is 6.14. The lowest BCUT2D eigenvalue weighted by Gasteiger charge is -2.41. The summed E-state index contributed by atoms with van der Waals surface area (Å²) in [4.78, 5) is 36.2. The summed E-state index contributed by atoms with van der Waals surface area (Å²) in [5, 5.41) is 2.24. The molecule has 1 N–H and O–H groups in total. The molecule has 0 bridgehead atoms. The molecule has 4 amide bonds. The molecular weight excluding hydrogens is 232 g/mol. The van der Waals surface area contributed by atoms with E-state index < -0.39 is 11.9 Å². The normalized spacial score (nSPS) is 29.7. The van der Waals surface area contributed by atoms with Crippen molar-refractivity contribution < 1.29 is 14.4 Å². The molecule has 18 heavy (non-hydrogen) atoms. The predicted octanol–water partition coefficient (Wildman–Crippen LogP) is 1.67. The van der Waals surface area contributed by atoms with Gasteiger partial charge in [-0.1, -0.05) is 26.7 Å². The minimum atomic E-state index is -0.534. The van der Waals surface area contributed by atoms with Crippen LogP contribution in [0, 0.1) is 11.8 Å². The molecular formula is C13H20N2O3. The number of nitrogens with one attached hydrogen (secondary N) is 1. The first kappa shape index (κ1) is 13.1. The molecule has 1 aliphatic carbocycles. The summed E-state index contributed by atoms with van der Waals surface area (Å²) in [6.07, 6.45) is 3.90. The van der Waals surface area contributed by atoms with Crippen molar-refractivity contribution in [1.82, 2.24) is 10.2 Å². The second kappa shape index (κ2) is 5.08. The molecule has 1 aliphatic heterocycles. The summed E-state index contributed by atoms with van der Waals surface area (Å²) < 4.78 is 0. The minimum Gasteiger partial charge on any atom is -0.277 e. The first-order valence-electron chi connectivity index (χ1n) is 6.66. The van der Waals surface area contributed by atoms with Crippen LogP contribution in [0.3, 0.4) is 0 Å². The molecule has 5 nitrogen and oxygen atoms in total. The van der Waals surface area contributed by atoms with Crippen LogP contribution in [-0.4, -0.2) is 28.8 Å². The molecule has 100 valence electrons. The van der Waals surface area contributed by atoms with Gasteiger partial charge in [-0.05, 0) is 24.7 Å². The van der Waals surface area contributed by atoms with Gasteiger partial charge in [-0.3, -0.25) is 19.8 Å². The summed E-state index contributed by atoms with van der Waals surface area (Å²) in [5.41, 5.74) is 0. The van der Waals surface area contributed by atoms with Gasteiger partial charge in [-0.2, -0.15) is 0 Å². The van der Waals surface area contributed by atoms with Gasteiger partial charge in [0.2, 0.25) is 11.8 Å². The molecule has 1 heterocycles. The summed E-state index contributed by atoms with van der Waals surface area (Å²) in [6.45, 7) is 4.25. The van der Waals surface area contributed by atoms with Crippen LogP contribution < -0.4 is 5.32 Å². The molecule has 2 atom stereocenters. The van der Waals surface area contributed by atoms with Crippen molar-refractivity contribution in [3.63, 3.8) is 0 Å². The summed E-state index contributed by atoms with van der Waals surface area (Å²) in [5.74, 6) is -0.0466. The number of rotatable bonds is 2. The molecule has 2 aliphatic rings. The van der Waals surface area contributed by atoms with Gasteiger partial charge < -0.3 is 0 Å². The Morgan fingerprint density at radius 1 is 1.17 bits per heavy atom. The monoisotopic (exact) mass is 252 g/mol. The molecule has 0 spiro atoms. The zero-order chi connectivity index (χ0) is 13.3. The zero-order valence-electron chi connectivity index (χ0n) is 10.9. The van der Waals surface area contributed by atoms with Crippen molar-refractivity contribution in [3.8, 4) is 0 Å². The largest absolute Gasteiger partial charge is 0.331 e. The Labute approximate surface area is 107 Å². The topological polar surface area (TPSA) is 66.5 Å². The fourth-order valence-corrected chi connectivity index (χ4v) is 3.13. The fraction of sp³-hybridized carbons (Fsp3) is 0.769. The molecule has 5 heteroatoms. The van der Waals surface area contributed by atoms with Crippen LogP contribution in [0.4, 0.5) is 4.79 Å². The van der Waals surface area contributed by atoms with Crippen LogP contribution in [0.25, 0.3) is 0 Å². The van der Waals surface area contributed by atoms with E-state index in [4.69, 9.17) is 0 Å². The Morgan fingerprint density at radius 3 is 2.44 bits per heavy atom. The standard InChI is InChI=1S/C13H20N2O3/c1-8(2)9-5-3-4-6-10(9)15-12(17)7-11(16)14-13(15)18/h8-10H,3-7H2,1-2H3,(H,14,16,18). The number of amides is 4. The number of hydrogen-bond acceptors (Lipinski definition) is 3. The zero-order valence-corrected chi connectivity index (χ0v) is 10.9. The lowest BCUT2D eigenvalue weighted by molar-refractivity contribution is -0.139. The SMILES string of the molecule is CC(C)C1CCCCC1N1C(=O)CC(=O)NC1=O. The lowest BCUT2D eigenvalue weighted by atomic mass is 9.77. The molecule has 0 aromatic carbocycles. The van der Waals surface area contributed by atoms with Crippen molar-refractivity contribution >= 4 is 17.8 Å². The fourth-order valence-electron chi connectivity index (χ4n) is 3.13. The van der Waals surface area contributed by atoms with Gasteiger partial charge in [0.15, 0.2) is 0 Å². The molecule has 0 radical (unpaired) electrons. The van der Waals surface area contributed by atoms with Gasteiger partial charge in [0, 0.05) is 6.04 Å². The second-order valence-electron chi connectivity index (χ2n) is 5.55. The molecule has 1 saturated heterocycles. The van der Waals surface area contributed by atoms with E-state index in [0.29, 0.717) is 11.8 Å². The third kappa shape index (κ3) is 2.40. The lowest BCUT2D eigenvalue weighted by Crippen LogP contribution is -2.59. The van der Waals surface area contributed by atoms with Gasteiger partial charge in [-0.25, -0.2) is 4.79 Å². The Balaban J connectivity index is 2.19. The summed E-state index contributed by atoms with van der Waals surface area (Å²) >= 11 is 0. The Hall–Kier alpha value is -1.39. The number of imide groups is 2. The predicted molar refractivity (Wildman–Crippen MR) is 65.6 cm³/mol. The highest BCUT2D eigenvalue weighted by Crippen LogP contribution is 2.34. The number of urea groups is 1.